The monoisotopic (exact) mass is 416 g/mol. The average Bonchev–Trinajstić information content (AvgIpc) is 2.66. The number of benzene rings is 3. The van der Waals surface area contributed by atoms with E-state index in [9.17, 15) is 10.1 Å². The molecule has 0 atom stereocenters. The van der Waals surface area contributed by atoms with E-state index in [4.69, 9.17) is 27.9 Å². The fourth-order valence-corrected chi connectivity index (χ4v) is 3.33. The molecule has 0 unspecified atom stereocenters. The third-order valence-electron chi connectivity index (χ3n) is 4.23. The van der Waals surface area contributed by atoms with Crippen molar-refractivity contribution < 1.29 is 9.66 Å². The molecular formula is C21H18Cl2N2O3. The van der Waals surface area contributed by atoms with Crippen molar-refractivity contribution >= 4 is 34.6 Å². The van der Waals surface area contributed by atoms with E-state index in [2.05, 4.69) is 5.32 Å². The summed E-state index contributed by atoms with van der Waals surface area (Å²) in [6, 6.07) is 17.6. The van der Waals surface area contributed by atoms with Gasteiger partial charge in [0.05, 0.1) is 9.95 Å². The lowest BCUT2D eigenvalue weighted by Gasteiger charge is -2.16. The fraction of sp³-hybridized carbons (Fsp3) is 0.143. The minimum Gasteiger partial charge on any atom is -0.487 e. The highest BCUT2D eigenvalue weighted by molar-refractivity contribution is 6.35. The number of nitro groups is 1. The molecule has 0 aliphatic carbocycles. The largest absolute Gasteiger partial charge is 0.487 e. The third kappa shape index (κ3) is 4.94. The first-order chi connectivity index (χ1) is 13.4. The second kappa shape index (κ2) is 8.95. The Hall–Kier alpha value is -2.76. The summed E-state index contributed by atoms with van der Waals surface area (Å²) in [5.74, 6) is 0.533. The van der Waals surface area contributed by atoms with Crippen molar-refractivity contribution in [2.45, 2.75) is 20.1 Å². The zero-order chi connectivity index (χ0) is 20.1. The number of aryl methyl sites for hydroxylation is 1. The van der Waals surface area contributed by atoms with Crippen molar-refractivity contribution in [2.75, 3.05) is 5.32 Å². The van der Waals surface area contributed by atoms with Gasteiger partial charge >= 0.3 is 0 Å². The van der Waals surface area contributed by atoms with Gasteiger partial charge in [0.15, 0.2) is 0 Å². The van der Waals surface area contributed by atoms with E-state index in [1.54, 1.807) is 18.2 Å². The lowest BCUT2D eigenvalue weighted by atomic mass is 10.1. The van der Waals surface area contributed by atoms with E-state index in [-0.39, 0.29) is 12.3 Å². The zero-order valence-corrected chi connectivity index (χ0v) is 16.6. The molecule has 0 aliphatic rings. The van der Waals surface area contributed by atoms with Gasteiger partial charge in [-0.3, -0.25) is 10.1 Å². The van der Waals surface area contributed by atoms with Gasteiger partial charge in [0.2, 0.25) is 0 Å². The van der Waals surface area contributed by atoms with Gasteiger partial charge in [-0.05, 0) is 48.4 Å². The van der Waals surface area contributed by atoms with Crippen LogP contribution in [0, 0.1) is 17.0 Å². The van der Waals surface area contributed by atoms with Crippen molar-refractivity contribution in [3.05, 3.63) is 97.5 Å². The van der Waals surface area contributed by atoms with E-state index >= 15 is 0 Å². The summed E-state index contributed by atoms with van der Waals surface area (Å²) in [6.07, 6.45) is 0. The molecule has 5 nitrogen and oxygen atoms in total. The Bertz CT molecular complexity index is 991. The van der Waals surface area contributed by atoms with Crippen LogP contribution in [-0.4, -0.2) is 4.92 Å². The normalized spacial score (nSPS) is 10.5. The third-order valence-corrected chi connectivity index (χ3v) is 4.73. The Kier molecular flexibility index (Phi) is 6.39. The van der Waals surface area contributed by atoms with Crippen LogP contribution in [0.3, 0.4) is 0 Å². The van der Waals surface area contributed by atoms with E-state index in [0.717, 1.165) is 22.4 Å². The van der Waals surface area contributed by atoms with Gasteiger partial charge < -0.3 is 10.1 Å². The van der Waals surface area contributed by atoms with Crippen LogP contribution >= 0.6 is 23.2 Å². The molecule has 28 heavy (non-hydrogen) atoms. The minimum atomic E-state index is -0.434. The zero-order valence-electron chi connectivity index (χ0n) is 15.1. The average molecular weight is 417 g/mol. The Morgan fingerprint density at radius 1 is 1.07 bits per heavy atom. The number of nitrogens with one attached hydrogen (secondary N) is 1. The number of hydrogen-bond donors (Lipinski definition) is 1. The summed E-state index contributed by atoms with van der Waals surface area (Å²) >= 11 is 12.5. The maximum Gasteiger partial charge on any atom is 0.269 e. The highest BCUT2D eigenvalue weighted by atomic mass is 35.5. The first kappa shape index (κ1) is 20.0. The maximum atomic E-state index is 10.8. The lowest BCUT2D eigenvalue weighted by molar-refractivity contribution is -0.384. The van der Waals surface area contributed by atoms with Gasteiger partial charge in [-0.2, -0.15) is 0 Å². The van der Waals surface area contributed by atoms with Gasteiger partial charge in [0.25, 0.3) is 5.69 Å². The van der Waals surface area contributed by atoms with Gasteiger partial charge in [-0.1, -0.05) is 41.4 Å². The number of non-ortho nitro benzene ring substituents is 1. The topological polar surface area (TPSA) is 64.4 Å². The van der Waals surface area contributed by atoms with Crippen LogP contribution in [-0.2, 0) is 13.2 Å². The fourth-order valence-electron chi connectivity index (χ4n) is 2.74. The molecule has 3 rings (SSSR count). The van der Waals surface area contributed by atoms with Gasteiger partial charge in [0, 0.05) is 35.0 Å². The van der Waals surface area contributed by atoms with Crippen LogP contribution in [0.5, 0.6) is 5.75 Å². The summed E-state index contributed by atoms with van der Waals surface area (Å²) in [4.78, 5) is 10.3. The Morgan fingerprint density at radius 3 is 2.46 bits per heavy atom. The first-order valence-electron chi connectivity index (χ1n) is 8.57. The predicted molar refractivity (Wildman–Crippen MR) is 112 cm³/mol. The Morgan fingerprint density at radius 2 is 1.79 bits per heavy atom. The van der Waals surface area contributed by atoms with E-state index in [1.165, 1.54) is 12.1 Å². The quantitative estimate of drug-likeness (QED) is 0.357. The first-order valence-corrected chi connectivity index (χ1v) is 9.33. The molecule has 0 saturated heterocycles. The van der Waals surface area contributed by atoms with Crippen molar-refractivity contribution in [2.24, 2.45) is 0 Å². The number of nitrogens with zero attached hydrogens (tertiary/aromatic N) is 1. The van der Waals surface area contributed by atoms with Crippen LogP contribution in [0.15, 0.2) is 60.7 Å². The molecule has 0 fully saturated rings. The summed E-state index contributed by atoms with van der Waals surface area (Å²) < 4.78 is 5.93. The number of rotatable bonds is 7. The van der Waals surface area contributed by atoms with Crippen LogP contribution < -0.4 is 10.1 Å². The standard InChI is InChI=1S/C21H18Cl2N2O3/c1-14-4-2-3-5-20(14)24-12-16-10-17(22)11-19(23)21(16)28-13-15-6-8-18(9-7-15)25(26)27/h2-11,24H,12-13H2,1H3. The maximum absolute atomic E-state index is 10.8. The van der Waals surface area contributed by atoms with E-state index in [1.807, 2.05) is 37.3 Å². The molecule has 0 radical (unpaired) electrons. The molecule has 0 spiro atoms. The summed E-state index contributed by atoms with van der Waals surface area (Å²) in [5, 5.41) is 15.1. The molecule has 1 N–H and O–H groups in total. The Labute approximate surface area is 173 Å². The van der Waals surface area contributed by atoms with Crippen molar-refractivity contribution in [3.8, 4) is 5.75 Å². The van der Waals surface area contributed by atoms with Crippen molar-refractivity contribution in [3.63, 3.8) is 0 Å². The van der Waals surface area contributed by atoms with Crippen molar-refractivity contribution in [1.29, 1.82) is 0 Å². The number of hydrogen-bond acceptors (Lipinski definition) is 4. The smallest absolute Gasteiger partial charge is 0.269 e. The number of nitro benzene ring substituents is 1. The highest BCUT2D eigenvalue weighted by Crippen LogP contribution is 2.34. The highest BCUT2D eigenvalue weighted by Gasteiger charge is 2.12. The number of ether oxygens (including phenoxy) is 1. The van der Waals surface area contributed by atoms with E-state index in [0.29, 0.717) is 22.3 Å². The molecule has 3 aromatic carbocycles. The molecule has 0 aliphatic heterocycles. The molecule has 0 heterocycles. The molecule has 3 aromatic rings. The van der Waals surface area contributed by atoms with Crippen molar-refractivity contribution in [1.82, 2.24) is 0 Å². The summed E-state index contributed by atoms with van der Waals surface area (Å²) in [5.41, 5.74) is 3.80. The SMILES string of the molecule is Cc1ccccc1NCc1cc(Cl)cc(Cl)c1OCc1ccc([N+](=O)[O-])cc1. The van der Waals surface area contributed by atoms with Crippen LogP contribution in [0.1, 0.15) is 16.7 Å². The van der Waals surface area contributed by atoms with Crippen LogP contribution in [0.25, 0.3) is 0 Å². The number of halogens is 2. The number of anilines is 1. The molecular weight excluding hydrogens is 399 g/mol. The molecule has 0 saturated carbocycles. The molecule has 0 aromatic heterocycles. The van der Waals surface area contributed by atoms with Gasteiger partial charge in [-0.25, -0.2) is 0 Å². The summed E-state index contributed by atoms with van der Waals surface area (Å²) in [7, 11) is 0. The lowest BCUT2D eigenvalue weighted by Crippen LogP contribution is -2.05. The van der Waals surface area contributed by atoms with Crippen LogP contribution in [0.2, 0.25) is 10.0 Å². The van der Waals surface area contributed by atoms with Gasteiger partial charge in [0.1, 0.15) is 12.4 Å². The summed E-state index contributed by atoms with van der Waals surface area (Å²) in [6.45, 7) is 2.75. The molecule has 144 valence electrons. The molecule has 7 heteroatoms. The minimum absolute atomic E-state index is 0.0383. The molecule has 0 amide bonds. The molecule has 0 bridgehead atoms. The number of para-hydroxylation sites is 1. The van der Waals surface area contributed by atoms with Crippen LogP contribution in [0.4, 0.5) is 11.4 Å². The predicted octanol–water partition coefficient (Wildman–Crippen LogP) is 6.40. The Balaban J connectivity index is 1.76. The van der Waals surface area contributed by atoms with Gasteiger partial charge in [-0.15, -0.1) is 0 Å². The second-order valence-corrected chi connectivity index (χ2v) is 7.10. The van der Waals surface area contributed by atoms with E-state index < -0.39 is 4.92 Å². The second-order valence-electron chi connectivity index (χ2n) is 6.26.